The van der Waals surface area contributed by atoms with Crippen molar-refractivity contribution in [2.75, 3.05) is 18.9 Å². The van der Waals surface area contributed by atoms with Crippen molar-refractivity contribution in [1.82, 2.24) is 20.1 Å². The van der Waals surface area contributed by atoms with E-state index in [2.05, 4.69) is 15.4 Å². The van der Waals surface area contributed by atoms with E-state index in [1.807, 2.05) is 0 Å². The average Bonchev–Trinajstić information content (AvgIpc) is 2.90. The van der Waals surface area contributed by atoms with Gasteiger partial charge in [-0.15, -0.1) is 5.10 Å². The minimum atomic E-state index is -0.0899. The Morgan fingerprint density at radius 2 is 2.59 bits per heavy atom. The van der Waals surface area contributed by atoms with E-state index in [9.17, 15) is 4.79 Å². The predicted octanol–water partition coefficient (Wildman–Crippen LogP) is -0.454. The molecule has 1 fully saturated rings. The highest BCUT2D eigenvalue weighted by molar-refractivity contribution is 5.75. The monoisotopic (exact) mass is 239 g/mol. The van der Waals surface area contributed by atoms with Crippen LogP contribution in [0.4, 0.5) is 5.95 Å². The van der Waals surface area contributed by atoms with E-state index in [1.165, 1.54) is 11.0 Å². The SMILES string of the molecule is Nc1ncn(CC(=O)NCCC2CCCO2)n1. The molecule has 2 heterocycles. The summed E-state index contributed by atoms with van der Waals surface area (Å²) in [5.41, 5.74) is 5.35. The van der Waals surface area contributed by atoms with Gasteiger partial charge in [0.05, 0.1) is 6.10 Å². The predicted molar refractivity (Wildman–Crippen MR) is 61.0 cm³/mol. The first-order valence-electron chi connectivity index (χ1n) is 5.77. The topological polar surface area (TPSA) is 95.1 Å². The number of amides is 1. The molecule has 0 spiro atoms. The first-order chi connectivity index (χ1) is 8.24. The van der Waals surface area contributed by atoms with Crippen LogP contribution in [0.25, 0.3) is 0 Å². The number of aromatic nitrogens is 3. The first-order valence-corrected chi connectivity index (χ1v) is 5.77. The van der Waals surface area contributed by atoms with Crippen LogP contribution in [0.3, 0.4) is 0 Å². The van der Waals surface area contributed by atoms with Gasteiger partial charge in [0.25, 0.3) is 0 Å². The third-order valence-electron chi connectivity index (χ3n) is 2.67. The van der Waals surface area contributed by atoms with Gasteiger partial charge in [0.15, 0.2) is 0 Å². The van der Waals surface area contributed by atoms with Gasteiger partial charge in [-0.05, 0) is 19.3 Å². The van der Waals surface area contributed by atoms with Crippen LogP contribution in [0.1, 0.15) is 19.3 Å². The van der Waals surface area contributed by atoms with Crippen LogP contribution in [0.5, 0.6) is 0 Å². The minimum Gasteiger partial charge on any atom is -0.378 e. The maximum absolute atomic E-state index is 11.5. The molecule has 0 bridgehead atoms. The summed E-state index contributed by atoms with van der Waals surface area (Å²) >= 11 is 0. The van der Waals surface area contributed by atoms with Gasteiger partial charge in [-0.2, -0.15) is 0 Å². The summed E-state index contributed by atoms with van der Waals surface area (Å²) in [6.45, 7) is 1.63. The summed E-state index contributed by atoms with van der Waals surface area (Å²) in [5, 5.41) is 6.65. The number of rotatable bonds is 5. The molecule has 7 nitrogen and oxygen atoms in total. The van der Waals surface area contributed by atoms with E-state index in [-0.39, 0.29) is 18.4 Å². The molecule has 0 radical (unpaired) electrons. The standard InChI is InChI=1S/C10H17N5O2/c11-10-13-7-15(14-10)6-9(16)12-4-3-8-2-1-5-17-8/h7-8H,1-6H2,(H2,11,14)(H,12,16). The molecule has 7 heteroatoms. The molecule has 1 aromatic rings. The van der Waals surface area contributed by atoms with E-state index >= 15 is 0 Å². The van der Waals surface area contributed by atoms with Crippen molar-refractivity contribution in [2.45, 2.75) is 31.9 Å². The summed E-state index contributed by atoms with van der Waals surface area (Å²) in [6, 6.07) is 0. The van der Waals surface area contributed by atoms with E-state index in [0.29, 0.717) is 12.6 Å². The first kappa shape index (κ1) is 11.8. The molecule has 1 aliphatic heterocycles. The van der Waals surface area contributed by atoms with E-state index in [1.54, 1.807) is 0 Å². The fourth-order valence-electron chi connectivity index (χ4n) is 1.83. The third kappa shape index (κ3) is 3.70. The van der Waals surface area contributed by atoms with Gasteiger partial charge < -0.3 is 15.8 Å². The van der Waals surface area contributed by atoms with Crippen molar-refractivity contribution in [2.24, 2.45) is 0 Å². The van der Waals surface area contributed by atoms with Crippen LogP contribution in [-0.4, -0.2) is 39.9 Å². The number of carbonyl (C=O) groups is 1. The molecule has 0 saturated carbocycles. The molecule has 0 aliphatic carbocycles. The zero-order chi connectivity index (χ0) is 12.1. The van der Waals surface area contributed by atoms with Crippen molar-refractivity contribution in [3.05, 3.63) is 6.33 Å². The molecule has 1 aromatic heterocycles. The van der Waals surface area contributed by atoms with Crippen LogP contribution >= 0.6 is 0 Å². The smallest absolute Gasteiger partial charge is 0.241 e. The number of nitrogens with one attached hydrogen (secondary N) is 1. The Kier molecular flexibility index (Phi) is 3.92. The number of ether oxygens (including phenoxy) is 1. The number of hydrogen-bond donors (Lipinski definition) is 2. The Morgan fingerprint density at radius 3 is 3.24 bits per heavy atom. The van der Waals surface area contributed by atoms with Gasteiger partial charge in [-0.1, -0.05) is 0 Å². The minimum absolute atomic E-state index is 0.0899. The Morgan fingerprint density at radius 1 is 1.71 bits per heavy atom. The van der Waals surface area contributed by atoms with Gasteiger partial charge in [0.1, 0.15) is 12.9 Å². The molecule has 1 saturated heterocycles. The largest absolute Gasteiger partial charge is 0.378 e. The molecule has 0 aromatic carbocycles. The van der Waals surface area contributed by atoms with Gasteiger partial charge in [-0.25, -0.2) is 9.67 Å². The third-order valence-corrected chi connectivity index (χ3v) is 2.67. The molecular weight excluding hydrogens is 222 g/mol. The van der Waals surface area contributed by atoms with Crippen molar-refractivity contribution >= 4 is 11.9 Å². The van der Waals surface area contributed by atoms with Crippen LogP contribution < -0.4 is 11.1 Å². The lowest BCUT2D eigenvalue weighted by Gasteiger charge is -2.09. The number of nitrogen functional groups attached to an aromatic ring is 1. The van der Waals surface area contributed by atoms with Gasteiger partial charge in [0, 0.05) is 13.2 Å². The average molecular weight is 239 g/mol. The summed E-state index contributed by atoms with van der Waals surface area (Å²) < 4.78 is 6.87. The van der Waals surface area contributed by atoms with Crippen molar-refractivity contribution < 1.29 is 9.53 Å². The molecule has 3 N–H and O–H groups in total. The normalized spacial score (nSPS) is 19.4. The number of nitrogens with zero attached hydrogens (tertiary/aromatic N) is 3. The van der Waals surface area contributed by atoms with Crippen LogP contribution in [0.2, 0.25) is 0 Å². The molecule has 17 heavy (non-hydrogen) atoms. The molecule has 1 amide bonds. The van der Waals surface area contributed by atoms with E-state index in [0.717, 1.165) is 25.9 Å². The zero-order valence-electron chi connectivity index (χ0n) is 9.63. The number of hydrogen-bond acceptors (Lipinski definition) is 5. The summed E-state index contributed by atoms with van der Waals surface area (Å²) in [6.07, 6.45) is 4.82. The summed E-state index contributed by atoms with van der Waals surface area (Å²) in [7, 11) is 0. The molecule has 1 aliphatic rings. The van der Waals surface area contributed by atoms with E-state index in [4.69, 9.17) is 10.5 Å². The lowest BCUT2D eigenvalue weighted by molar-refractivity contribution is -0.121. The maximum atomic E-state index is 11.5. The Bertz CT molecular complexity index is 373. The van der Waals surface area contributed by atoms with Crippen LogP contribution in [0, 0.1) is 0 Å². The number of nitrogens with two attached hydrogens (primary N) is 1. The Hall–Kier alpha value is -1.63. The Balaban J connectivity index is 1.63. The van der Waals surface area contributed by atoms with Crippen molar-refractivity contribution in [3.8, 4) is 0 Å². The Labute approximate surface area is 99.3 Å². The van der Waals surface area contributed by atoms with Gasteiger partial charge in [0.2, 0.25) is 11.9 Å². The highest BCUT2D eigenvalue weighted by Crippen LogP contribution is 2.14. The van der Waals surface area contributed by atoms with Crippen molar-refractivity contribution in [3.63, 3.8) is 0 Å². The van der Waals surface area contributed by atoms with Crippen molar-refractivity contribution in [1.29, 1.82) is 0 Å². The highest BCUT2D eigenvalue weighted by atomic mass is 16.5. The molecule has 94 valence electrons. The lowest BCUT2D eigenvalue weighted by Crippen LogP contribution is -2.30. The van der Waals surface area contributed by atoms with Crippen LogP contribution in [0.15, 0.2) is 6.33 Å². The second kappa shape index (κ2) is 5.62. The lowest BCUT2D eigenvalue weighted by atomic mass is 10.2. The number of carbonyl (C=O) groups excluding carboxylic acids is 1. The number of anilines is 1. The molecule has 1 atom stereocenters. The zero-order valence-corrected chi connectivity index (χ0v) is 9.63. The summed E-state index contributed by atoms with van der Waals surface area (Å²) in [5.74, 6) is 0.0880. The molecule has 2 rings (SSSR count). The summed E-state index contributed by atoms with van der Waals surface area (Å²) in [4.78, 5) is 15.3. The quantitative estimate of drug-likeness (QED) is 0.725. The van der Waals surface area contributed by atoms with E-state index < -0.39 is 0 Å². The fraction of sp³-hybridized carbons (Fsp3) is 0.700. The molecule has 1 unspecified atom stereocenters. The van der Waals surface area contributed by atoms with Crippen LogP contribution in [-0.2, 0) is 16.1 Å². The second-order valence-corrected chi connectivity index (χ2v) is 4.07. The van der Waals surface area contributed by atoms with Gasteiger partial charge in [-0.3, -0.25) is 4.79 Å². The van der Waals surface area contributed by atoms with Gasteiger partial charge >= 0.3 is 0 Å². The maximum Gasteiger partial charge on any atom is 0.241 e. The second-order valence-electron chi connectivity index (χ2n) is 4.07. The molecular formula is C10H17N5O2. The fourth-order valence-corrected chi connectivity index (χ4v) is 1.83. The highest BCUT2D eigenvalue weighted by Gasteiger charge is 2.15.